The summed E-state index contributed by atoms with van der Waals surface area (Å²) in [5, 5.41) is 27.0. The van der Waals surface area contributed by atoms with Crippen molar-refractivity contribution < 1.29 is 43.9 Å². The molecule has 60 heavy (non-hydrogen) atoms. The molecule has 0 saturated heterocycles. The molecule has 0 aliphatic heterocycles. The molecule has 15 heteroatoms. The molecule has 0 radical (unpaired) electrons. The number of carbonyl (C=O) groups is 3. The Morgan fingerprint density at radius 3 is 0.783 bits per heavy atom. The van der Waals surface area contributed by atoms with Gasteiger partial charge in [0.05, 0.1) is 19.8 Å². The van der Waals surface area contributed by atoms with Crippen LogP contribution in [0, 0.1) is 0 Å². The van der Waals surface area contributed by atoms with E-state index in [9.17, 15) is 14.4 Å². The number of carboxylic acids is 3. The van der Waals surface area contributed by atoms with Crippen molar-refractivity contribution >= 4 is 52.7 Å². The van der Waals surface area contributed by atoms with Crippen molar-refractivity contribution in [2.75, 3.05) is 19.8 Å². The van der Waals surface area contributed by atoms with Crippen LogP contribution in [-0.4, -0.2) is 68.0 Å². The Bertz CT molecular complexity index is 1570. The van der Waals surface area contributed by atoms with Gasteiger partial charge in [-0.25, -0.2) is 14.4 Å². The molecule has 3 heterocycles. The topological polar surface area (TPSA) is 187 Å². The number of aromatic nitrogens is 3. The van der Waals surface area contributed by atoms with E-state index in [-0.39, 0.29) is 32.1 Å². The minimum atomic E-state index is -1.07. The SMILES string of the molecule is CCCCCCCCCCCOc1c[nH]c(C(=O)O)c1Cl.CCCCCCCCCCOc1c[nH]c(C(=O)O)c1Cl.CCCCCCCCCOc1c[nH]c(C(=O)O)c1Cl. The predicted octanol–water partition coefficient (Wildman–Crippen LogP) is 14.7. The van der Waals surface area contributed by atoms with Crippen LogP contribution in [0.3, 0.4) is 0 Å². The van der Waals surface area contributed by atoms with Gasteiger partial charge < -0.3 is 44.5 Å². The first-order valence-corrected chi connectivity index (χ1v) is 23.3. The van der Waals surface area contributed by atoms with Crippen molar-refractivity contribution in [3.63, 3.8) is 0 Å². The van der Waals surface area contributed by atoms with E-state index in [1.54, 1.807) is 0 Å². The molecule has 0 aliphatic rings. The zero-order valence-electron chi connectivity index (χ0n) is 36.2. The monoisotopic (exact) mass is 903 g/mol. The van der Waals surface area contributed by atoms with Crippen LogP contribution in [0.5, 0.6) is 17.2 Å². The van der Waals surface area contributed by atoms with Crippen LogP contribution in [0.25, 0.3) is 0 Å². The van der Waals surface area contributed by atoms with Crippen LogP contribution in [0.15, 0.2) is 18.6 Å². The molecule has 0 atom stereocenters. The van der Waals surface area contributed by atoms with Crippen LogP contribution in [0.1, 0.15) is 206 Å². The molecule has 12 nitrogen and oxygen atoms in total. The van der Waals surface area contributed by atoms with Gasteiger partial charge >= 0.3 is 17.9 Å². The number of H-pyrrole nitrogens is 3. The van der Waals surface area contributed by atoms with Gasteiger partial charge in [-0.05, 0) is 19.3 Å². The highest BCUT2D eigenvalue weighted by Crippen LogP contribution is 2.30. The summed E-state index contributed by atoms with van der Waals surface area (Å²) in [5.74, 6) is -1.95. The lowest BCUT2D eigenvalue weighted by molar-refractivity contribution is 0.0680. The van der Waals surface area contributed by atoms with Gasteiger partial charge in [0.25, 0.3) is 0 Å². The maximum Gasteiger partial charge on any atom is 0.354 e. The molecule has 3 aromatic rings. The van der Waals surface area contributed by atoms with E-state index in [0.29, 0.717) is 37.1 Å². The number of ether oxygens (including phenoxy) is 3. The lowest BCUT2D eigenvalue weighted by atomic mass is 10.1. The lowest BCUT2D eigenvalue weighted by Crippen LogP contribution is -1.98. The highest BCUT2D eigenvalue weighted by Gasteiger charge is 2.17. The number of nitrogens with one attached hydrogen (secondary N) is 3. The molecule has 6 N–H and O–H groups in total. The van der Waals surface area contributed by atoms with Gasteiger partial charge in [-0.1, -0.05) is 190 Å². The summed E-state index contributed by atoms with van der Waals surface area (Å²) >= 11 is 17.7. The van der Waals surface area contributed by atoms with Crippen molar-refractivity contribution in [1.82, 2.24) is 15.0 Å². The summed E-state index contributed by atoms with van der Waals surface area (Å²) in [6, 6.07) is 0. The molecular formula is C45H72Cl3N3O9. The highest BCUT2D eigenvalue weighted by atomic mass is 35.5. The summed E-state index contributed by atoms with van der Waals surface area (Å²) in [4.78, 5) is 40.2. The number of aromatic amines is 3. The van der Waals surface area contributed by atoms with Crippen LogP contribution < -0.4 is 14.2 Å². The molecule has 342 valence electrons. The van der Waals surface area contributed by atoms with Crippen LogP contribution >= 0.6 is 34.8 Å². The van der Waals surface area contributed by atoms with E-state index in [4.69, 9.17) is 64.3 Å². The van der Waals surface area contributed by atoms with Crippen molar-refractivity contribution in [1.29, 1.82) is 0 Å². The minimum Gasteiger partial charge on any atom is -0.490 e. The molecule has 0 saturated carbocycles. The fourth-order valence-corrected chi connectivity index (χ4v) is 6.93. The second kappa shape index (κ2) is 35.2. The molecule has 3 aromatic heterocycles. The third-order valence-corrected chi connectivity index (χ3v) is 10.9. The van der Waals surface area contributed by atoms with Crippen molar-refractivity contribution in [3.05, 3.63) is 50.7 Å². The zero-order chi connectivity index (χ0) is 44.4. The summed E-state index contributed by atoms with van der Waals surface area (Å²) < 4.78 is 16.5. The fourth-order valence-electron chi connectivity index (χ4n) is 6.20. The Morgan fingerprint density at radius 1 is 0.400 bits per heavy atom. The van der Waals surface area contributed by atoms with Gasteiger partial charge in [-0.3, -0.25) is 0 Å². The number of carboxylic acid groups (broad SMARTS) is 3. The smallest absolute Gasteiger partial charge is 0.354 e. The molecular weight excluding hydrogens is 833 g/mol. The van der Waals surface area contributed by atoms with Gasteiger partial charge in [0.1, 0.15) is 32.1 Å². The molecule has 0 fully saturated rings. The predicted molar refractivity (Wildman–Crippen MR) is 243 cm³/mol. The number of hydrogen-bond donors (Lipinski definition) is 6. The second-order valence-electron chi connectivity index (χ2n) is 14.9. The quantitative estimate of drug-likeness (QED) is 0.0323. The molecule has 0 spiro atoms. The van der Waals surface area contributed by atoms with Crippen molar-refractivity contribution in [2.45, 2.75) is 175 Å². The molecule has 0 aromatic carbocycles. The number of hydrogen-bond acceptors (Lipinski definition) is 6. The van der Waals surface area contributed by atoms with Crippen molar-refractivity contribution in [2.24, 2.45) is 0 Å². The average molecular weight is 905 g/mol. The third kappa shape index (κ3) is 24.1. The minimum absolute atomic E-state index is 0.0151. The maximum absolute atomic E-state index is 10.8. The van der Waals surface area contributed by atoms with Gasteiger partial charge in [0.2, 0.25) is 0 Å². The Balaban J connectivity index is 0.000000451. The molecule has 0 aliphatic carbocycles. The van der Waals surface area contributed by atoms with E-state index in [0.717, 1.165) is 38.5 Å². The van der Waals surface area contributed by atoms with Gasteiger partial charge in [0.15, 0.2) is 17.2 Å². The van der Waals surface area contributed by atoms with E-state index in [2.05, 4.69) is 35.7 Å². The normalized spacial score (nSPS) is 10.7. The maximum atomic E-state index is 10.8. The van der Waals surface area contributed by atoms with Crippen LogP contribution in [-0.2, 0) is 0 Å². The first-order valence-electron chi connectivity index (χ1n) is 22.2. The number of halogens is 3. The van der Waals surface area contributed by atoms with Gasteiger partial charge in [-0.15, -0.1) is 0 Å². The number of unbranched alkanes of at least 4 members (excludes halogenated alkanes) is 21. The summed E-state index contributed by atoms with van der Waals surface area (Å²) in [6.07, 6.45) is 34.2. The Hall–Kier alpha value is -3.48. The Morgan fingerprint density at radius 2 is 0.600 bits per heavy atom. The Labute approximate surface area is 372 Å². The van der Waals surface area contributed by atoms with Crippen molar-refractivity contribution in [3.8, 4) is 17.2 Å². The zero-order valence-corrected chi connectivity index (χ0v) is 38.5. The first-order chi connectivity index (χ1) is 29.0. The Kier molecular flexibility index (Phi) is 32.0. The standard InChI is InChI=1S/C16H26ClNO3.C15H24ClNO3.C14H22ClNO3/c1-2-3-4-5-6-7-8-9-10-11-21-13-12-18-15(14(13)17)16(19)20;1-2-3-4-5-6-7-8-9-10-20-12-11-17-14(13(12)16)15(18)19;1-2-3-4-5-6-7-8-9-19-11-10-16-13(12(11)15)14(17)18/h12,18H,2-11H2,1H3,(H,19,20);11,17H,2-10H2,1H3,(H,18,19);10,16H,2-9H2,1H3,(H,17,18). The third-order valence-electron chi connectivity index (χ3n) is 9.76. The highest BCUT2D eigenvalue weighted by molar-refractivity contribution is 6.35. The van der Waals surface area contributed by atoms with Gasteiger partial charge in [0, 0.05) is 18.6 Å². The molecule has 0 amide bonds. The first kappa shape index (κ1) is 54.5. The molecule has 0 bridgehead atoms. The molecule has 3 rings (SSSR count). The van der Waals surface area contributed by atoms with Crippen LogP contribution in [0.2, 0.25) is 15.1 Å². The summed E-state index contributed by atoms with van der Waals surface area (Å²) in [6.45, 7) is 8.39. The average Bonchev–Trinajstić information content (AvgIpc) is 3.91. The number of aromatic carboxylic acids is 3. The lowest BCUT2D eigenvalue weighted by Gasteiger charge is -2.05. The van der Waals surface area contributed by atoms with Gasteiger partial charge in [-0.2, -0.15) is 0 Å². The largest absolute Gasteiger partial charge is 0.490 e. The molecule has 0 unspecified atom stereocenters. The fraction of sp³-hybridized carbons (Fsp3) is 0.667. The van der Waals surface area contributed by atoms with Crippen LogP contribution in [0.4, 0.5) is 0 Å². The van der Waals surface area contributed by atoms with E-state index < -0.39 is 17.9 Å². The van der Waals surface area contributed by atoms with E-state index >= 15 is 0 Å². The summed E-state index contributed by atoms with van der Waals surface area (Å²) in [5.41, 5.74) is -0.0485. The number of rotatable bonds is 33. The van der Waals surface area contributed by atoms with E-state index in [1.807, 2.05) is 0 Å². The van der Waals surface area contributed by atoms with E-state index in [1.165, 1.54) is 134 Å². The summed E-state index contributed by atoms with van der Waals surface area (Å²) in [7, 11) is 0. The second-order valence-corrected chi connectivity index (χ2v) is 16.0.